The van der Waals surface area contributed by atoms with Gasteiger partial charge in [0, 0.05) is 32.3 Å². The van der Waals surface area contributed by atoms with Crippen LogP contribution in [0.1, 0.15) is 32.6 Å². The summed E-state index contributed by atoms with van der Waals surface area (Å²) in [6.45, 7) is 4.38. The number of hydrogen-bond acceptors (Lipinski definition) is 3. The van der Waals surface area contributed by atoms with Crippen LogP contribution in [0.2, 0.25) is 0 Å². The van der Waals surface area contributed by atoms with Crippen molar-refractivity contribution >= 4 is 5.91 Å². The van der Waals surface area contributed by atoms with Gasteiger partial charge in [-0.25, -0.2) is 0 Å². The van der Waals surface area contributed by atoms with Gasteiger partial charge in [-0.2, -0.15) is 0 Å². The molecule has 1 aliphatic rings. The minimum atomic E-state index is 0.143. The van der Waals surface area contributed by atoms with E-state index in [9.17, 15) is 4.79 Å². The Labute approximate surface area is 97.4 Å². The maximum Gasteiger partial charge on any atom is 0.223 e. The fourth-order valence-electron chi connectivity index (χ4n) is 1.86. The molecule has 1 unspecified atom stereocenters. The molecule has 94 valence electrons. The number of aliphatic hydroxyl groups is 1. The van der Waals surface area contributed by atoms with E-state index in [1.54, 1.807) is 0 Å². The molecule has 2 N–H and O–H groups in total. The Bertz CT molecular complexity index is 202. The van der Waals surface area contributed by atoms with Gasteiger partial charge in [-0.3, -0.25) is 4.79 Å². The van der Waals surface area contributed by atoms with Crippen LogP contribution in [0.3, 0.4) is 0 Å². The number of aliphatic hydroxyl groups excluding tert-OH is 1. The van der Waals surface area contributed by atoms with Crippen molar-refractivity contribution in [1.29, 1.82) is 0 Å². The first-order valence-corrected chi connectivity index (χ1v) is 6.20. The first-order chi connectivity index (χ1) is 7.74. The van der Waals surface area contributed by atoms with Crippen LogP contribution >= 0.6 is 0 Å². The van der Waals surface area contributed by atoms with Crippen LogP contribution in [0.15, 0.2) is 0 Å². The molecular weight excluding hydrogens is 206 g/mol. The highest BCUT2D eigenvalue weighted by molar-refractivity contribution is 5.78. The van der Waals surface area contributed by atoms with Crippen LogP contribution in [0.5, 0.6) is 0 Å². The van der Waals surface area contributed by atoms with Gasteiger partial charge in [-0.05, 0) is 31.6 Å². The number of carbonyl (C=O) groups is 1. The van der Waals surface area contributed by atoms with Crippen LogP contribution in [-0.2, 0) is 9.53 Å². The molecule has 4 heteroatoms. The van der Waals surface area contributed by atoms with Crippen molar-refractivity contribution in [1.82, 2.24) is 5.32 Å². The molecule has 1 saturated heterocycles. The van der Waals surface area contributed by atoms with E-state index in [2.05, 4.69) is 5.32 Å². The maximum atomic E-state index is 11.7. The Hall–Kier alpha value is -0.610. The third kappa shape index (κ3) is 4.94. The molecule has 0 aromatic carbocycles. The van der Waals surface area contributed by atoms with E-state index >= 15 is 0 Å². The van der Waals surface area contributed by atoms with Crippen LogP contribution in [0.25, 0.3) is 0 Å². The highest BCUT2D eigenvalue weighted by Gasteiger charge is 2.20. The number of hydrogen-bond donors (Lipinski definition) is 2. The van der Waals surface area contributed by atoms with Crippen molar-refractivity contribution in [3.05, 3.63) is 0 Å². The van der Waals surface area contributed by atoms with Crippen molar-refractivity contribution < 1.29 is 14.6 Å². The second kappa shape index (κ2) is 7.63. The van der Waals surface area contributed by atoms with Crippen LogP contribution in [0.4, 0.5) is 0 Å². The molecule has 1 fully saturated rings. The Morgan fingerprint density at radius 3 is 2.81 bits per heavy atom. The normalized spacial score (nSPS) is 19.4. The van der Waals surface area contributed by atoms with Crippen LogP contribution < -0.4 is 5.32 Å². The van der Waals surface area contributed by atoms with E-state index in [-0.39, 0.29) is 18.4 Å². The summed E-state index contributed by atoms with van der Waals surface area (Å²) in [5.41, 5.74) is 0. The first kappa shape index (κ1) is 13.5. The number of nitrogens with one attached hydrogen (secondary N) is 1. The molecule has 0 aromatic heterocycles. The molecule has 0 bridgehead atoms. The summed E-state index contributed by atoms with van der Waals surface area (Å²) in [6.07, 6.45) is 3.60. The molecule has 1 rings (SSSR count). The van der Waals surface area contributed by atoms with E-state index in [0.29, 0.717) is 19.1 Å². The number of ether oxygens (including phenoxy) is 1. The molecule has 16 heavy (non-hydrogen) atoms. The molecule has 0 aliphatic carbocycles. The van der Waals surface area contributed by atoms with Crippen molar-refractivity contribution in [2.75, 3.05) is 26.4 Å². The molecule has 1 heterocycles. The zero-order chi connectivity index (χ0) is 11.8. The fourth-order valence-corrected chi connectivity index (χ4v) is 1.86. The summed E-state index contributed by atoms with van der Waals surface area (Å²) in [7, 11) is 0. The van der Waals surface area contributed by atoms with Crippen molar-refractivity contribution in [3.63, 3.8) is 0 Å². The van der Waals surface area contributed by atoms with E-state index in [4.69, 9.17) is 9.84 Å². The number of carbonyl (C=O) groups excluding carboxylic acids is 1. The van der Waals surface area contributed by atoms with Gasteiger partial charge in [0.15, 0.2) is 0 Å². The van der Waals surface area contributed by atoms with E-state index in [1.165, 1.54) is 0 Å². The Kier molecular flexibility index (Phi) is 6.42. The molecular formula is C12H23NO3. The van der Waals surface area contributed by atoms with Gasteiger partial charge < -0.3 is 15.2 Å². The second-order valence-electron chi connectivity index (χ2n) is 4.61. The lowest BCUT2D eigenvalue weighted by Crippen LogP contribution is -2.34. The van der Waals surface area contributed by atoms with Gasteiger partial charge in [0.1, 0.15) is 0 Å². The lowest BCUT2D eigenvalue weighted by Gasteiger charge is -2.21. The van der Waals surface area contributed by atoms with Crippen molar-refractivity contribution in [2.45, 2.75) is 32.6 Å². The molecule has 1 atom stereocenters. The fraction of sp³-hybridized carbons (Fsp3) is 0.917. The summed E-state index contributed by atoms with van der Waals surface area (Å²) in [6, 6.07) is 0. The molecule has 4 nitrogen and oxygen atoms in total. The second-order valence-corrected chi connectivity index (χ2v) is 4.61. The standard InChI is InChI=1S/C12H23NO3/c1-10(9-14)3-2-6-13-12(15)11-4-7-16-8-5-11/h10-11,14H,2-9H2,1H3,(H,13,15). The quantitative estimate of drug-likeness (QED) is 0.666. The van der Waals surface area contributed by atoms with Crippen molar-refractivity contribution in [2.24, 2.45) is 11.8 Å². The minimum absolute atomic E-state index is 0.143. The molecule has 1 aliphatic heterocycles. The molecule has 0 radical (unpaired) electrons. The lowest BCUT2D eigenvalue weighted by molar-refractivity contribution is -0.127. The zero-order valence-corrected chi connectivity index (χ0v) is 10.1. The Morgan fingerprint density at radius 1 is 1.50 bits per heavy atom. The lowest BCUT2D eigenvalue weighted by atomic mass is 9.99. The van der Waals surface area contributed by atoms with Crippen molar-refractivity contribution in [3.8, 4) is 0 Å². The summed E-state index contributed by atoms with van der Waals surface area (Å²) >= 11 is 0. The summed E-state index contributed by atoms with van der Waals surface area (Å²) < 4.78 is 5.21. The Morgan fingerprint density at radius 2 is 2.19 bits per heavy atom. The summed E-state index contributed by atoms with van der Waals surface area (Å²) in [5.74, 6) is 0.643. The number of rotatable bonds is 6. The maximum absolute atomic E-state index is 11.7. The monoisotopic (exact) mass is 229 g/mol. The topological polar surface area (TPSA) is 58.6 Å². The van der Waals surface area contributed by atoms with E-state index < -0.39 is 0 Å². The highest BCUT2D eigenvalue weighted by atomic mass is 16.5. The predicted octanol–water partition coefficient (Wildman–Crippen LogP) is 0.938. The molecule has 1 amide bonds. The highest BCUT2D eigenvalue weighted by Crippen LogP contribution is 2.14. The summed E-state index contributed by atoms with van der Waals surface area (Å²) in [4.78, 5) is 11.7. The Balaban J connectivity index is 2.05. The third-order valence-corrected chi connectivity index (χ3v) is 3.08. The SMILES string of the molecule is CC(CO)CCCNC(=O)C1CCOCC1. The molecule has 0 spiro atoms. The van der Waals surface area contributed by atoms with Gasteiger partial charge in [0.2, 0.25) is 5.91 Å². The van der Waals surface area contributed by atoms with E-state index in [0.717, 1.165) is 32.2 Å². The summed E-state index contributed by atoms with van der Waals surface area (Å²) in [5, 5.41) is 11.8. The van der Waals surface area contributed by atoms with Gasteiger partial charge in [-0.1, -0.05) is 6.92 Å². The minimum Gasteiger partial charge on any atom is -0.396 e. The van der Waals surface area contributed by atoms with Gasteiger partial charge in [0.05, 0.1) is 0 Å². The number of amides is 1. The van der Waals surface area contributed by atoms with Crippen LogP contribution in [0, 0.1) is 11.8 Å². The van der Waals surface area contributed by atoms with Crippen LogP contribution in [-0.4, -0.2) is 37.4 Å². The average Bonchev–Trinajstić information content (AvgIpc) is 2.35. The van der Waals surface area contributed by atoms with Gasteiger partial charge in [-0.15, -0.1) is 0 Å². The average molecular weight is 229 g/mol. The zero-order valence-electron chi connectivity index (χ0n) is 10.1. The molecule has 0 aromatic rings. The van der Waals surface area contributed by atoms with Gasteiger partial charge >= 0.3 is 0 Å². The van der Waals surface area contributed by atoms with E-state index in [1.807, 2.05) is 6.92 Å². The molecule has 0 saturated carbocycles. The smallest absolute Gasteiger partial charge is 0.223 e. The van der Waals surface area contributed by atoms with Gasteiger partial charge in [0.25, 0.3) is 0 Å². The predicted molar refractivity (Wildman–Crippen MR) is 62.0 cm³/mol. The largest absolute Gasteiger partial charge is 0.396 e. The third-order valence-electron chi connectivity index (χ3n) is 3.08. The first-order valence-electron chi connectivity index (χ1n) is 6.20.